The van der Waals surface area contributed by atoms with Crippen molar-refractivity contribution in [2.75, 3.05) is 26.3 Å². The summed E-state index contributed by atoms with van der Waals surface area (Å²) in [5, 5.41) is 11.0. The van der Waals surface area contributed by atoms with Crippen LogP contribution in [0.1, 0.15) is 48.9 Å². The second-order valence-corrected chi connectivity index (χ2v) is 9.24. The van der Waals surface area contributed by atoms with E-state index in [1.165, 1.54) is 18.2 Å². The van der Waals surface area contributed by atoms with Gasteiger partial charge in [0.05, 0.1) is 24.5 Å². The summed E-state index contributed by atoms with van der Waals surface area (Å²) < 4.78 is 38.9. The molecule has 4 rings (SSSR count). The van der Waals surface area contributed by atoms with Crippen LogP contribution in [0.5, 0.6) is 0 Å². The molecule has 1 atom stereocenters. The number of hydrogen-bond acceptors (Lipinski definition) is 6. The van der Waals surface area contributed by atoms with E-state index in [0.29, 0.717) is 43.7 Å². The van der Waals surface area contributed by atoms with E-state index in [2.05, 4.69) is 9.88 Å². The highest BCUT2D eigenvalue weighted by molar-refractivity contribution is 5.89. The quantitative estimate of drug-likeness (QED) is 0.709. The zero-order valence-electron chi connectivity index (χ0n) is 18.6. The number of pyridine rings is 1. The number of nitrogens with zero attached hydrogens (tertiary/aromatic N) is 2. The van der Waals surface area contributed by atoms with Crippen molar-refractivity contribution in [1.29, 1.82) is 0 Å². The summed E-state index contributed by atoms with van der Waals surface area (Å²) in [5.41, 5.74) is 0.900. The van der Waals surface area contributed by atoms with Gasteiger partial charge in [-0.05, 0) is 56.5 Å². The van der Waals surface area contributed by atoms with Gasteiger partial charge < -0.3 is 14.6 Å². The normalized spacial score (nSPS) is 22.6. The molecular weight excluding hydrogens is 418 g/mol. The number of hydrogen-bond donors (Lipinski definition) is 1. The Morgan fingerprint density at radius 1 is 1.28 bits per heavy atom. The van der Waals surface area contributed by atoms with Crippen LogP contribution in [0.15, 0.2) is 24.3 Å². The molecule has 172 valence electrons. The molecule has 0 radical (unpaired) electrons. The Morgan fingerprint density at radius 2 is 2.06 bits per heavy atom. The molecule has 0 aliphatic carbocycles. The number of rotatable bonds is 5. The van der Waals surface area contributed by atoms with Gasteiger partial charge >= 0.3 is 5.97 Å². The van der Waals surface area contributed by atoms with Crippen molar-refractivity contribution in [2.24, 2.45) is 0 Å². The van der Waals surface area contributed by atoms with Gasteiger partial charge in [-0.3, -0.25) is 4.90 Å². The van der Waals surface area contributed by atoms with Crippen molar-refractivity contribution >= 4 is 5.97 Å². The first-order valence-corrected chi connectivity index (χ1v) is 10.8. The summed E-state index contributed by atoms with van der Waals surface area (Å²) >= 11 is 0. The molecule has 2 aliphatic rings. The predicted octanol–water partition coefficient (Wildman–Crippen LogP) is 3.49. The lowest BCUT2D eigenvalue weighted by Crippen LogP contribution is -2.46. The van der Waals surface area contributed by atoms with Gasteiger partial charge in [-0.1, -0.05) is 0 Å². The number of carbonyl (C=O) groups excluding carboxylic acids is 1. The Bertz CT molecular complexity index is 1040. The zero-order valence-corrected chi connectivity index (χ0v) is 18.6. The minimum absolute atomic E-state index is 0.0789. The highest BCUT2D eigenvalue weighted by Crippen LogP contribution is 2.36. The second-order valence-electron chi connectivity index (χ2n) is 9.24. The number of ether oxygens (including phenoxy) is 2. The number of carbonyl (C=O) groups is 1. The summed E-state index contributed by atoms with van der Waals surface area (Å²) in [6, 6.07) is 4.92. The van der Waals surface area contributed by atoms with E-state index >= 15 is 0 Å². The molecule has 32 heavy (non-hydrogen) atoms. The van der Waals surface area contributed by atoms with Gasteiger partial charge in [0.2, 0.25) is 0 Å². The largest absolute Gasteiger partial charge is 0.461 e. The average molecular weight is 446 g/mol. The van der Waals surface area contributed by atoms with Crippen molar-refractivity contribution in [3.05, 3.63) is 52.9 Å². The molecule has 1 saturated heterocycles. The van der Waals surface area contributed by atoms with E-state index in [4.69, 9.17) is 9.47 Å². The molecule has 8 heteroatoms. The minimum atomic E-state index is -0.967. The van der Waals surface area contributed by atoms with Gasteiger partial charge in [0.15, 0.2) is 0 Å². The fourth-order valence-corrected chi connectivity index (χ4v) is 4.73. The minimum Gasteiger partial charge on any atom is -0.461 e. The maximum absolute atomic E-state index is 14.6. The highest BCUT2D eigenvalue weighted by atomic mass is 19.1. The van der Waals surface area contributed by atoms with E-state index < -0.39 is 23.2 Å². The molecule has 0 bridgehead atoms. The van der Waals surface area contributed by atoms with E-state index in [1.54, 1.807) is 6.92 Å². The molecule has 6 nitrogen and oxygen atoms in total. The number of aromatic nitrogens is 1. The van der Waals surface area contributed by atoms with Gasteiger partial charge in [-0.15, -0.1) is 0 Å². The number of aliphatic hydroxyl groups is 1. The first kappa shape index (κ1) is 22.8. The number of benzene rings is 1. The highest BCUT2D eigenvalue weighted by Gasteiger charge is 2.44. The number of halogens is 2. The Morgan fingerprint density at radius 3 is 2.72 bits per heavy atom. The van der Waals surface area contributed by atoms with Crippen LogP contribution in [0, 0.1) is 11.6 Å². The van der Waals surface area contributed by atoms with Crippen LogP contribution in [-0.2, 0) is 22.4 Å². The molecule has 0 amide bonds. The van der Waals surface area contributed by atoms with Crippen LogP contribution in [-0.4, -0.2) is 58.5 Å². The molecule has 1 fully saturated rings. The molecule has 1 aromatic carbocycles. The predicted molar refractivity (Wildman–Crippen MR) is 114 cm³/mol. The Balaban J connectivity index is 1.68. The molecule has 1 unspecified atom stereocenters. The Labute approximate surface area is 186 Å². The number of fused-ring (bicyclic) bond motifs is 1. The van der Waals surface area contributed by atoms with Crippen LogP contribution < -0.4 is 0 Å². The molecule has 0 saturated carbocycles. The summed E-state index contributed by atoms with van der Waals surface area (Å²) in [6.45, 7) is 7.47. The maximum Gasteiger partial charge on any atom is 0.356 e. The first-order valence-electron chi connectivity index (χ1n) is 10.8. The van der Waals surface area contributed by atoms with E-state index in [9.17, 15) is 18.7 Å². The Kier molecular flexibility index (Phi) is 6.04. The van der Waals surface area contributed by atoms with Crippen molar-refractivity contribution in [1.82, 2.24) is 9.88 Å². The molecule has 0 spiro atoms. The fourth-order valence-electron chi connectivity index (χ4n) is 4.73. The van der Waals surface area contributed by atoms with Crippen molar-refractivity contribution < 1.29 is 28.2 Å². The summed E-state index contributed by atoms with van der Waals surface area (Å²) in [4.78, 5) is 19.0. The third-order valence-electron chi connectivity index (χ3n) is 5.97. The molecule has 3 heterocycles. The number of β-amino-alcohol motifs (C(OH)–C–C–N with tert-alkyl or cyclic N) is 1. The third kappa shape index (κ3) is 4.67. The monoisotopic (exact) mass is 446 g/mol. The molecule has 1 N–H and O–H groups in total. The van der Waals surface area contributed by atoms with Gasteiger partial charge in [0.1, 0.15) is 22.9 Å². The van der Waals surface area contributed by atoms with E-state index in [0.717, 1.165) is 11.6 Å². The van der Waals surface area contributed by atoms with Gasteiger partial charge in [0.25, 0.3) is 0 Å². The van der Waals surface area contributed by atoms with Crippen LogP contribution in [0.4, 0.5) is 8.78 Å². The third-order valence-corrected chi connectivity index (χ3v) is 5.97. The van der Waals surface area contributed by atoms with E-state index in [1.807, 2.05) is 13.8 Å². The van der Waals surface area contributed by atoms with Crippen molar-refractivity contribution in [3.8, 4) is 11.1 Å². The SMILES string of the molecule is CCOC(=O)c1cc(-c2ccc(F)cc2F)c2c(n1)CN(CC1(O)COC(C)(C)C1)CC2. The van der Waals surface area contributed by atoms with Gasteiger partial charge in [-0.2, -0.15) is 0 Å². The van der Waals surface area contributed by atoms with Crippen LogP contribution in [0.2, 0.25) is 0 Å². The van der Waals surface area contributed by atoms with Gasteiger partial charge in [0, 0.05) is 37.7 Å². The lowest BCUT2D eigenvalue weighted by atomic mass is 9.90. The maximum atomic E-state index is 14.6. The fraction of sp³-hybridized carbons (Fsp3) is 0.500. The average Bonchev–Trinajstić information content (AvgIpc) is 2.99. The second kappa shape index (κ2) is 8.50. The van der Waals surface area contributed by atoms with Crippen LogP contribution >= 0.6 is 0 Å². The summed E-state index contributed by atoms with van der Waals surface area (Å²) in [6.07, 6.45) is 1.07. The molecule has 2 aliphatic heterocycles. The lowest BCUT2D eigenvalue weighted by Gasteiger charge is -2.34. The molecule has 1 aromatic heterocycles. The molecular formula is C24H28F2N2O4. The smallest absolute Gasteiger partial charge is 0.356 e. The Hall–Kier alpha value is -2.42. The standard InChI is InChI=1S/C24H28F2N2O4/c1-4-31-22(29)20-10-18(16-6-5-15(25)9-19(16)26)17-7-8-28(11-21(17)27-20)13-24(30)12-23(2,3)32-14-24/h5-6,9-10,30H,4,7-8,11-14H2,1-3H3. The summed E-state index contributed by atoms with van der Waals surface area (Å²) in [5.74, 6) is -1.96. The molecule has 2 aromatic rings. The van der Waals surface area contributed by atoms with Gasteiger partial charge in [-0.25, -0.2) is 18.6 Å². The summed E-state index contributed by atoms with van der Waals surface area (Å²) in [7, 11) is 0. The zero-order chi connectivity index (χ0) is 23.1. The topological polar surface area (TPSA) is 71.9 Å². The number of esters is 1. The lowest BCUT2D eigenvalue weighted by molar-refractivity contribution is -0.0157. The van der Waals surface area contributed by atoms with Crippen molar-refractivity contribution in [2.45, 2.75) is 51.4 Å². The van der Waals surface area contributed by atoms with E-state index in [-0.39, 0.29) is 30.1 Å². The van der Waals surface area contributed by atoms with Crippen LogP contribution in [0.25, 0.3) is 11.1 Å². The van der Waals surface area contributed by atoms with Crippen LogP contribution in [0.3, 0.4) is 0 Å². The first-order chi connectivity index (χ1) is 15.1. The van der Waals surface area contributed by atoms with Crippen molar-refractivity contribution in [3.63, 3.8) is 0 Å².